The standard InChI is InChI=1S/C25H23ClN2O6/c1-31-13-5-6-14-15(9-13)21-16(26)11-28(18(21)10-19(14)29)25(30)17-7-12-8-20(32-2)23(33-3)24(34-4)22(12)27-17/h5-10,16,27,29H,11H2,1-4H3/t16-/m1/s1. The summed E-state index contributed by atoms with van der Waals surface area (Å²) in [4.78, 5) is 18.4. The van der Waals surface area contributed by atoms with Crippen molar-refractivity contribution in [3.8, 4) is 28.7 Å². The smallest absolute Gasteiger partial charge is 0.274 e. The van der Waals surface area contributed by atoms with Gasteiger partial charge in [-0.2, -0.15) is 0 Å². The molecule has 9 heteroatoms. The number of aromatic amines is 1. The Hall–Kier alpha value is -3.78. The number of hydrogen-bond acceptors (Lipinski definition) is 6. The normalized spacial score (nSPS) is 15.0. The molecule has 0 aliphatic carbocycles. The molecule has 34 heavy (non-hydrogen) atoms. The van der Waals surface area contributed by atoms with Crippen LogP contribution in [0.4, 0.5) is 5.69 Å². The van der Waals surface area contributed by atoms with Gasteiger partial charge in [0.05, 0.1) is 45.0 Å². The van der Waals surface area contributed by atoms with Crippen molar-refractivity contribution in [2.45, 2.75) is 5.38 Å². The number of alkyl halides is 1. The number of aromatic nitrogens is 1. The van der Waals surface area contributed by atoms with Crippen LogP contribution in [0.5, 0.6) is 28.7 Å². The second-order valence-corrected chi connectivity index (χ2v) is 8.44. The molecule has 0 saturated heterocycles. The monoisotopic (exact) mass is 482 g/mol. The summed E-state index contributed by atoms with van der Waals surface area (Å²) in [5.41, 5.74) is 2.28. The average molecular weight is 483 g/mol. The van der Waals surface area contributed by atoms with E-state index in [1.807, 2.05) is 6.07 Å². The number of carbonyl (C=O) groups excluding carboxylic acids is 1. The highest BCUT2D eigenvalue weighted by molar-refractivity contribution is 6.25. The largest absolute Gasteiger partial charge is 0.507 e. The molecule has 0 unspecified atom stereocenters. The zero-order chi connectivity index (χ0) is 24.1. The first kappa shape index (κ1) is 22.0. The van der Waals surface area contributed by atoms with E-state index in [1.54, 1.807) is 42.3 Å². The van der Waals surface area contributed by atoms with Gasteiger partial charge in [0.2, 0.25) is 5.75 Å². The number of aromatic hydroxyl groups is 1. The summed E-state index contributed by atoms with van der Waals surface area (Å²) in [5, 5.41) is 12.4. The number of nitrogens with one attached hydrogen (secondary N) is 1. The van der Waals surface area contributed by atoms with Crippen molar-refractivity contribution in [1.29, 1.82) is 0 Å². The fourth-order valence-electron chi connectivity index (χ4n) is 4.62. The lowest BCUT2D eigenvalue weighted by molar-refractivity contribution is 0.0985. The van der Waals surface area contributed by atoms with Crippen molar-refractivity contribution in [3.63, 3.8) is 0 Å². The Morgan fingerprint density at radius 2 is 1.76 bits per heavy atom. The van der Waals surface area contributed by atoms with Crippen LogP contribution in [0.15, 0.2) is 36.4 Å². The predicted octanol–water partition coefficient (Wildman–Crippen LogP) is 5.00. The molecule has 2 heterocycles. The molecular weight excluding hydrogens is 460 g/mol. The predicted molar refractivity (Wildman–Crippen MR) is 130 cm³/mol. The number of fused-ring (bicyclic) bond motifs is 4. The van der Waals surface area contributed by atoms with Crippen LogP contribution in [0.2, 0.25) is 0 Å². The van der Waals surface area contributed by atoms with E-state index in [2.05, 4.69) is 4.98 Å². The number of carbonyl (C=O) groups is 1. The third-order valence-corrected chi connectivity index (χ3v) is 6.54. The number of H-pyrrole nitrogens is 1. The molecule has 1 aliphatic rings. The molecule has 3 aromatic carbocycles. The molecule has 5 rings (SSSR count). The number of halogens is 1. The van der Waals surface area contributed by atoms with Crippen LogP contribution >= 0.6 is 11.6 Å². The number of phenols is 1. The topological polar surface area (TPSA) is 93.2 Å². The first-order valence-electron chi connectivity index (χ1n) is 10.5. The van der Waals surface area contributed by atoms with Crippen molar-refractivity contribution < 1.29 is 28.8 Å². The van der Waals surface area contributed by atoms with Gasteiger partial charge in [-0.3, -0.25) is 4.79 Å². The number of nitrogens with zero attached hydrogens (tertiary/aromatic N) is 1. The number of ether oxygens (including phenoxy) is 4. The van der Waals surface area contributed by atoms with Crippen LogP contribution in [0, 0.1) is 0 Å². The number of benzene rings is 3. The SMILES string of the molecule is COc1ccc2c(O)cc3c(c2c1)[C@H](Cl)CN3C(=O)c1cc2cc(OC)c(OC)c(OC)c2[nH]1. The van der Waals surface area contributed by atoms with E-state index < -0.39 is 5.38 Å². The van der Waals surface area contributed by atoms with Gasteiger partial charge in [-0.15, -0.1) is 11.6 Å². The van der Waals surface area contributed by atoms with E-state index in [9.17, 15) is 9.90 Å². The fourth-order valence-corrected chi connectivity index (χ4v) is 4.99. The van der Waals surface area contributed by atoms with Crippen molar-refractivity contribution in [2.24, 2.45) is 0 Å². The molecule has 1 amide bonds. The Labute approximate surface area is 200 Å². The summed E-state index contributed by atoms with van der Waals surface area (Å²) in [7, 11) is 6.16. The summed E-state index contributed by atoms with van der Waals surface area (Å²) in [6.07, 6.45) is 0. The second-order valence-electron chi connectivity index (χ2n) is 7.92. The lowest BCUT2D eigenvalue weighted by atomic mass is 10.0. The van der Waals surface area contributed by atoms with Gasteiger partial charge in [0.25, 0.3) is 5.91 Å². The minimum Gasteiger partial charge on any atom is -0.507 e. The van der Waals surface area contributed by atoms with Crippen molar-refractivity contribution in [1.82, 2.24) is 4.98 Å². The number of hydrogen-bond donors (Lipinski definition) is 2. The summed E-state index contributed by atoms with van der Waals surface area (Å²) in [6.45, 7) is 0.255. The Morgan fingerprint density at radius 1 is 1.00 bits per heavy atom. The van der Waals surface area contributed by atoms with Crippen LogP contribution in [0.3, 0.4) is 0 Å². The minimum absolute atomic E-state index is 0.0627. The molecule has 0 saturated carbocycles. The third-order valence-electron chi connectivity index (χ3n) is 6.18. The molecular formula is C25H23ClN2O6. The summed E-state index contributed by atoms with van der Waals surface area (Å²) in [5.74, 6) is 1.76. The zero-order valence-corrected chi connectivity index (χ0v) is 19.8. The van der Waals surface area contributed by atoms with Crippen molar-refractivity contribution >= 4 is 44.9 Å². The highest BCUT2D eigenvalue weighted by atomic mass is 35.5. The first-order valence-corrected chi connectivity index (χ1v) is 11.0. The Kier molecular flexibility index (Phi) is 5.32. The quantitative estimate of drug-likeness (QED) is 0.389. The van der Waals surface area contributed by atoms with Gasteiger partial charge in [0, 0.05) is 28.9 Å². The zero-order valence-electron chi connectivity index (χ0n) is 19.1. The van der Waals surface area contributed by atoms with Crippen LogP contribution in [0.25, 0.3) is 21.7 Å². The van der Waals surface area contributed by atoms with E-state index >= 15 is 0 Å². The maximum Gasteiger partial charge on any atom is 0.274 e. The highest BCUT2D eigenvalue weighted by Crippen LogP contribution is 2.48. The average Bonchev–Trinajstić information content (AvgIpc) is 3.42. The number of methoxy groups -OCH3 is 4. The van der Waals surface area contributed by atoms with Crippen LogP contribution in [0.1, 0.15) is 21.4 Å². The third kappa shape index (κ3) is 3.17. The molecule has 0 radical (unpaired) electrons. The molecule has 0 bridgehead atoms. The molecule has 1 aromatic heterocycles. The number of anilines is 1. The van der Waals surface area contributed by atoms with Gasteiger partial charge in [-0.25, -0.2) is 0 Å². The molecule has 0 fully saturated rings. The molecule has 8 nitrogen and oxygen atoms in total. The van der Waals surface area contributed by atoms with Gasteiger partial charge in [0.15, 0.2) is 11.5 Å². The first-order chi connectivity index (χ1) is 16.4. The molecule has 2 N–H and O–H groups in total. The van der Waals surface area contributed by atoms with Gasteiger partial charge in [0.1, 0.15) is 17.2 Å². The summed E-state index contributed by atoms with van der Waals surface area (Å²) < 4.78 is 21.8. The van der Waals surface area contributed by atoms with Gasteiger partial charge < -0.3 is 33.9 Å². The molecule has 0 spiro atoms. The van der Waals surface area contributed by atoms with E-state index in [1.165, 1.54) is 21.3 Å². The Morgan fingerprint density at radius 3 is 2.44 bits per heavy atom. The van der Waals surface area contributed by atoms with E-state index in [0.717, 1.165) is 16.3 Å². The lowest BCUT2D eigenvalue weighted by Gasteiger charge is -2.17. The second kappa shape index (κ2) is 8.22. The van der Waals surface area contributed by atoms with E-state index in [0.29, 0.717) is 45.3 Å². The molecule has 176 valence electrons. The maximum absolute atomic E-state index is 13.6. The van der Waals surface area contributed by atoms with Gasteiger partial charge >= 0.3 is 0 Å². The maximum atomic E-state index is 13.6. The van der Waals surface area contributed by atoms with Crippen molar-refractivity contribution in [3.05, 3.63) is 47.7 Å². The number of phenolic OH excluding ortho intramolecular Hbond substituents is 1. The Bertz CT molecular complexity index is 1450. The highest BCUT2D eigenvalue weighted by Gasteiger charge is 2.35. The van der Waals surface area contributed by atoms with Gasteiger partial charge in [-0.1, -0.05) is 0 Å². The van der Waals surface area contributed by atoms with Crippen LogP contribution in [-0.2, 0) is 0 Å². The van der Waals surface area contributed by atoms with E-state index in [4.69, 9.17) is 30.5 Å². The molecule has 4 aromatic rings. The van der Waals surface area contributed by atoms with Crippen LogP contribution < -0.4 is 23.8 Å². The van der Waals surface area contributed by atoms with Gasteiger partial charge in [-0.05, 0) is 35.7 Å². The molecule has 1 atom stereocenters. The lowest BCUT2D eigenvalue weighted by Crippen LogP contribution is -2.29. The van der Waals surface area contributed by atoms with E-state index in [-0.39, 0.29) is 18.2 Å². The number of amides is 1. The summed E-state index contributed by atoms with van der Waals surface area (Å²) >= 11 is 6.72. The molecule has 1 aliphatic heterocycles. The Balaban J connectivity index is 1.64. The fraction of sp³-hybridized carbons (Fsp3) is 0.240. The van der Waals surface area contributed by atoms with Crippen molar-refractivity contribution in [2.75, 3.05) is 39.9 Å². The van der Waals surface area contributed by atoms with Crippen LogP contribution in [-0.4, -0.2) is 51.0 Å². The minimum atomic E-state index is -0.451. The number of rotatable bonds is 5. The summed E-state index contributed by atoms with van der Waals surface area (Å²) in [6, 6.07) is 10.5.